The summed E-state index contributed by atoms with van der Waals surface area (Å²) in [6, 6.07) is 6.40. The van der Waals surface area contributed by atoms with Crippen LogP contribution in [0.2, 0.25) is 0 Å². The minimum atomic E-state index is 0.723. The van der Waals surface area contributed by atoms with Crippen molar-refractivity contribution in [2.45, 2.75) is 33.7 Å². The molecule has 112 valence electrons. The molecule has 0 amide bonds. The number of aryl methyl sites for hydroxylation is 2. The fourth-order valence-corrected chi connectivity index (χ4v) is 2.31. The Balaban J connectivity index is 2.10. The van der Waals surface area contributed by atoms with Crippen LogP contribution in [-0.2, 0) is 6.54 Å². The second-order valence-corrected chi connectivity index (χ2v) is 5.42. The van der Waals surface area contributed by atoms with E-state index in [0.717, 1.165) is 36.7 Å². The smallest absolute Gasteiger partial charge is 0.229 e. The molecule has 0 spiro atoms. The number of hydrogen-bond acceptors (Lipinski definition) is 4. The highest BCUT2D eigenvalue weighted by molar-refractivity contribution is 5.61. The van der Waals surface area contributed by atoms with E-state index in [1.807, 2.05) is 24.3 Å². The molecule has 1 aromatic carbocycles. The summed E-state index contributed by atoms with van der Waals surface area (Å²) in [6.45, 7) is 8.21. The van der Waals surface area contributed by atoms with Gasteiger partial charge in [-0.1, -0.05) is 24.6 Å². The standard InChI is InChI=1S/C17H24N4/c1-5-8-18-10-15-11-19-17(20-12-15)21(4)16-7-6-13(2)9-14(16)3/h6-7,9,11-12,18H,5,8,10H2,1-4H3. The van der Waals surface area contributed by atoms with E-state index >= 15 is 0 Å². The van der Waals surface area contributed by atoms with Crippen LogP contribution in [0.1, 0.15) is 30.0 Å². The number of anilines is 2. The van der Waals surface area contributed by atoms with Crippen LogP contribution < -0.4 is 10.2 Å². The number of rotatable bonds is 6. The second kappa shape index (κ2) is 7.18. The third kappa shape index (κ3) is 4.02. The van der Waals surface area contributed by atoms with E-state index < -0.39 is 0 Å². The van der Waals surface area contributed by atoms with E-state index in [-0.39, 0.29) is 0 Å². The Morgan fingerprint density at radius 1 is 1.14 bits per heavy atom. The van der Waals surface area contributed by atoms with Crippen molar-refractivity contribution in [1.82, 2.24) is 15.3 Å². The van der Waals surface area contributed by atoms with E-state index in [2.05, 4.69) is 54.3 Å². The normalized spacial score (nSPS) is 10.7. The molecule has 4 nitrogen and oxygen atoms in total. The lowest BCUT2D eigenvalue weighted by atomic mass is 10.1. The highest BCUT2D eigenvalue weighted by atomic mass is 15.2. The van der Waals surface area contributed by atoms with E-state index in [4.69, 9.17) is 0 Å². The first-order valence-corrected chi connectivity index (χ1v) is 7.44. The van der Waals surface area contributed by atoms with Gasteiger partial charge in [-0.25, -0.2) is 9.97 Å². The molecule has 0 saturated carbocycles. The van der Waals surface area contributed by atoms with Gasteiger partial charge in [0.2, 0.25) is 5.95 Å². The van der Waals surface area contributed by atoms with Crippen molar-refractivity contribution in [2.24, 2.45) is 0 Å². The zero-order valence-corrected chi connectivity index (χ0v) is 13.3. The zero-order valence-electron chi connectivity index (χ0n) is 13.3. The molecule has 0 aliphatic carbocycles. The number of benzene rings is 1. The Labute approximate surface area is 127 Å². The van der Waals surface area contributed by atoms with E-state index in [1.54, 1.807) is 0 Å². The first-order chi connectivity index (χ1) is 10.1. The van der Waals surface area contributed by atoms with Crippen molar-refractivity contribution < 1.29 is 0 Å². The van der Waals surface area contributed by atoms with Gasteiger partial charge in [-0.15, -0.1) is 0 Å². The number of nitrogens with one attached hydrogen (secondary N) is 1. The summed E-state index contributed by atoms with van der Waals surface area (Å²) >= 11 is 0. The summed E-state index contributed by atoms with van der Waals surface area (Å²) in [5.74, 6) is 0.723. The molecule has 0 fully saturated rings. The largest absolute Gasteiger partial charge is 0.313 e. The molecule has 1 heterocycles. The van der Waals surface area contributed by atoms with Crippen LogP contribution in [-0.4, -0.2) is 23.6 Å². The summed E-state index contributed by atoms with van der Waals surface area (Å²) in [7, 11) is 2.00. The van der Waals surface area contributed by atoms with Gasteiger partial charge >= 0.3 is 0 Å². The van der Waals surface area contributed by atoms with Crippen molar-refractivity contribution in [1.29, 1.82) is 0 Å². The summed E-state index contributed by atoms with van der Waals surface area (Å²) in [6.07, 6.45) is 4.92. The van der Waals surface area contributed by atoms with Crippen molar-refractivity contribution in [2.75, 3.05) is 18.5 Å². The minimum absolute atomic E-state index is 0.723. The van der Waals surface area contributed by atoms with Crippen molar-refractivity contribution >= 4 is 11.6 Å². The summed E-state index contributed by atoms with van der Waals surface area (Å²) in [5, 5.41) is 3.35. The zero-order chi connectivity index (χ0) is 15.2. The Hall–Kier alpha value is -1.94. The minimum Gasteiger partial charge on any atom is -0.313 e. The molecule has 0 atom stereocenters. The Bertz CT molecular complexity index is 578. The third-order valence-electron chi connectivity index (χ3n) is 3.46. The molecule has 1 N–H and O–H groups in total. The Kier molecular flexibility index (Phi) is 5.28. The Morgan fingerprint density at radius 2 is 1.86 bits per heavy atom. The third-order valence-corrected chi connectivity index (χ3v) is 3.46. The van der Waals surface area contributed by atoms with Gasteiger partial charge in [-0.2, -0.15) is 0 Å². The predicted octanol–water partition coefficient (Wildman–Crippen LogP) is 3.36. The monoisotopic (exact) mass is 284 g/mol. The molecule has 2 rings (SSSR count). The summed E-state index contributed by atoms with van der Waals surface area (Å²) in [4.78, 5) is 11.0. The maximum Gasteiger partial charge on any atom is 0.229 e. The fraction of sp³-hybridized carbons (Fsp3) is 0.412. The molecule has 0 aliphatic rings. The van der Waals surface area contributed by atoms with Gasteiger partial charge in [0.15, 0.2) is 0 Å². The lowest BCUT2D eigenvalue weighted by Crippen LogP contribution is -2.16. The molecular formula is C17H24N4. The van der Waals surface area contributed by atoms with Gasteiger partial charge in [0.25, 0.3) is 0 Å². The highest BCUT2D eigenvalue weighted by Crippen LogP contribution is 2.24. The van der Waals surface area contributed by atoms with Crippen molar-refractivity contribution in [3.63, 3.8) is 0 Å². The fourth-order valence-electron chi connectivity index (χ4n) is 2.31. The number of aromatic nitrogens is 2. The molecule has 2 aromatic rings. The van der Waals surface area contributed by atoms with E-state index in [1.165, 1.54) is 11.1 Å². The van der Waals surface area contributed by atoms with E-state index in [0.29, 0.717) is 0 Å². The molecule has 0 bridgehead atoms. The van der Waals surface area contributed by atoms with Crippen LogP contribution in [0.5, 0.6) is 0 Å². The molecule has 0 unspecified atom stereocenters. The number of nitrogens with zero attached hydrogens (tertiary/aromatic N) is 3. The number of hydrogen-bond donors (Lipinski definition) is 1. The molecule has 4 heteroatoms. The molecule has 0 aliphatic heterocycles. The lowest BCUT2D eigenvalue weighted by molar-refractivity contribution is 0.672. The summed E-state index contributed by atoms with van der Waals surface area (Å²) < 4.78 is 0. The molecule has 0 saturated heterocycles. The van der Waals surface area contributed by atoms with Crippen LogP contribution in [0.15, 0.2) is 30.6 Å². The molecular weight excluding hydrogens is 260 g/mol. The van der Waals surface area contributed by atoms with Gasteiger partial charge in [-0.05, 0) is 38.4 Å². The van der Waals surface area contributed by atoms with Crippen LogP contribution in [0.3, 0.4) is 0 Å². The second-order valence-electron chi connectivity index (χ2n) is 5.42. The van der Waals surface area contributed by atoms with Crippen molar-refractivity contribution in [3.05, 3.63) is 47.3 Å². The average Bonchev–Trinajstić information content (AvgIpc) is 2.48. The highest BCUT2D eigenvalue weighted by Gasteiger charge is 2.09. The van der Waals surface area contributed by atoms with Gasteiger partial charge in [0.05, 0.1) is 0 Å². The topological polar surface area (TPSA) is 41.1 Å². The lowest BCUT2D eigenvalue weighted by Gasteiger charge is -2.19. The van der Waals surface area contributed by atoms with Crippen LogP contribution in [0.4, 0.5) is 11.6 Å². The first-order valence-electron chi connectivity index (χ1n) is 7.44. The molecule has 1 aromatic heterocycles. The maximum atomic E-state index is 4.47. The maximum absolute atomic E-state index is 4.47. The van der Waals surface area contributed by atoms with Gasteiger partial charge in [-0.3, -0.25) is 0 Å². The van der Waals surface area contributed by atoms with Gasteiger partial charge in [0.1, 0.15) is 0 Å². The van der Waals surface area contributed by atoms with Gasteiger partial charge in [0, 0.05) is 37.2 Å². The SMILES string of the molecule is CCCNCc1cnc(N(C)c2ccc(C)cc2C)nc1. The van der Waals surface area contributed by atoms with E-state index in [9.17, 15) is 0 Å². The summed E-state index contributed by atoms with van der Waals surface area (Å²) in [5.41, 5.74) is 4.75. The predicted molar refractivity (Wildman–Crippen MR) is 88.0 cm³/mol. The molecule has 21 heavy (non-hydrogen) atoms. The van der Waals surface area contributed by atoms with Crippen LogP contribution in [0.25, 0.3) is 0 Å². The molecule has 0 radical (unpaired) electrons. The van der Waals surface area contributed by atoms with Gasteiger partial charge < -0.3 is 10.2 Å². The van der Waals surface area contributed by atoms with Crippen LogP contribution in [0, 0.1) is 13.8 Å². The Morgan fingerprint density at radius 3 is 2.48 bits per heavy atom. The van der Waals surface area contributed by atoms with Crippen molar-refractivity contribution in [3.8, 4) is 0 Å². The average molecular weight is 284 g/mol. The van der Waals surface area contributed by atoms with Crippen LogP contribution >= 0.6 is 0 Å². The first kappa shape index (κ1) is 15.4. The quantitative estimate of drug-likeness (QED) is 0.826.